The number of piperazine rings is 1. The molecule has 0 unspecified atom stereocenters. The summed E-state index contributed by atoms with van der Waals surface area (Å²) in [6, 6.07) is 22.1. The second-order valence-corrected chi connectivity index (χ2v) is 12.4. The molecule has 0 spiro atoms. The van der Waals surface area contributed by atoms with Gasteiger partial charge in [-0.2, -0.15) is 0 Å². The van der Waals surface area contributed by atoms with E-state index in [1.54, 1.807) is 24.3 Å². The number of pyridine rings is 1. The number of aromatic amines is 1. The monoisotopic (exact) mass is 529 g/mol. The molecule has 0 aliphatic carbocycles. The molecule has 1 aliphatic heterocycles. The first kappa shape index (κ1) is 26.2. The lowest BCUT2D eigenvalue weighted by molar-refractivity contribution is 0.209. The van der Waals surface area contributed by atoms with Gasteiger partial charge in [-0.3, -0.25) is 9.69 Å². The molecule has 1 aliphatic rings. The number of benzene rings is 3. The van der Waals surface area contributed by atoms with E-state index in [9.17, 15) is 13.2 Å². The van der Waals surface area contributed by atoms with Crippen molar-refractivity contribution in [3.05, 3.63) is 82.6 Å². The van der Waals surface area contributed by atoms with Crippen molar-refractivity contribution in [1.82, 2.24) is 9.88 Å². The smallest absolute Gasteiger partial charge is 0.256 e. The Bertz CT molecular complexity index is 1610. The summed E-state index contributed by atoms with van der Waals surface area (Å²) in [7, 11) is -3.31. The maximum absolute atomic E-state index is 13.1. The van der Waals surface area contributed by atoms with Gasteiger partial charge in [-0.15, -0.1) is 0 Å². The Hall–Kier alpha value is -3.42. The Morgan fingerprint density at radius 3 is 2.03 bits per heavy atom. The summed E-state index contributed by atoms with van der Waals surface area (Å²) in [5.41, 5.74) is 6.35. The number of rotatable bonds is 6. The Balaban J connectivity index is 1.48. The van der Waals surface area contributed by atoms with Crippen molar-refractivity contribution < 1.29 is 8.42 Å². The molecule has 0 atom stereocenters. The van der Waals surface area contributed by atoms with Crippen molar-refractivity contribution in [2.45, 2.75) is 38.1 Å². The highest BCUT2D eigenvalue weighted by molar-refractivity contribution is 7.90. The molecule has 0 radical (unpaired) electrons. The zero-order valence-electron chi connectivity index (χ0n) is 22.5. The summed E-state index contributed by atoms with van der Waals surface area (Å²) in [6.07, 6.45) is 1.86. The van der Waals surface area contributed by atoms with Crippen LogP contribution in [-0.4, -0.2) is 56.8 Å². The summed E-state index contributed by atoms with van der Waals surface area (Å²) < 4.78 is 23.8. The molecule has 1 aromatic heterocycles. The van der Waals surface area contributed by atoms with E-state index in [0.717, 1.165) is 53.8 Å². The van der Waals surface area contributed by atoms with E-state index in [-0.39, 0.29) is 10.5 Å². The molecule has 1 fully saturated rings. The zero-order chi connectivity index (χ0) is 27.0. The molecule has 4 aromatic rings. The molecule has 1 N–H and O–H groups in total. The lowest BCUT2D eigenvalue weighted by Crippen LogP contribution is -2.48. The van der Waals surface area contributed by atoms with Crippen molar-refractivity contribution in [2.75, 3.05) is 37.3 Å². The minimum absolute atomic E-state index is 0.170. The fraction of sp³-hybridized carbons (Fsp3) is 0.323. The molecule has 0 saturated carbocycles. The standard InChI is InChI=1S/C31H35N3O3S/c1-5-27-28-20-24(22-6-11-25(12-7-22)34-18-16-33(17-19-34)21(2)3)10-15-29(28)32-31(35)30(27)23-8-13-26(14-9-23)38(4,36)37/h6-15,20-21H,5,16-19H2,1-4H3,(H,32,35). The molecular weight excluding hydrogens is 494 g/mol. The van der Waals surface area contributed by atoms with E-state index in [1.165, 1.54) is 11.9 Å². The van der Waals surface area contributed by atoms with Crippen LogP contribution in [-0.2, 0) is 16.3 Å². The first-order chi connectivity index (χ1) is 18.2. The molecule has 0 bridgehead atoms. The van der Waals surface area contributed by atoms with E-state index in [2.05, 4.69) is 65.0 Å². The van der Waals surface area contributed by atoms with Crippen LogP contribution in [0.5, 0.6) is 0 Å². The van der Waals surface area contributed by atoms with Crippen LogP contribution in [0.4, 0.5) is 5.69 Å². The van der Waals surface area contributed by atoms with Crippen LogP contribution in [0.2, 0.25) is 0 Å². The van der Waals surface area contributed by atoms with Gasteiger partial charge >= 0.3 is 0 Å². The average Bonchev–Trinajstić information content (AvgIpc) is 2.92. The minimum Gasteiger partial charge on any atom is -0.369 e. The Morgan fingerprint density at radius 2 is 1.45 bits per heavy atom. The van der Waals surface area contributed by atoms with E-state index in [4.69, 9.17) is 0 Å². The molecule has 1 saturated heterocycles. The quantitative estimate of drug-likeness (QED) is 0.364. The van der Waals surface area contributed by atoms with Gasteiger partial charge in [0.1, 0.15) is 0 Å². The van der Waals surface area contributed by atoms with Crippen LogP contribution < -0.4 is 10.5 Å². The van der Waals surface area contributed by atoms with Crippen LogP contribution in [0.25, 0.3) is 33.2 Å². The van der Waals surface area contributed by atoms with E-state index >= 15 is 0 Å². The number of hydrogen-bond acceptors (Lipinski definition) is 5. The molecule has 5 rings (SSSR count). The van der Waals surface area contributed by atoms with Gasteiger partial charge in [0.15, 0.2) is 9.84 Å². The topological polar surface area (TPSA) is 73.5 Å². The van der Waals surface area contributed by atoms with Gasteiger partial charge in [0.25, 0.3) is 5.56 Å². The average molecular weight is 530 g/mol. The number of aromatic nitrogens is 1. The van der Waals surface area contributed by atoms with Gasteiger partial charge in [0.2, 0.25) is 0 Å². The Morgan fingerprint density at radius 1 is 0.842 bits per heavy atom. The van der Waals surface area contributed by atoms with Gasteiger partial charge < -0.3 is 9.88 Å². The normalized spacial score (nSPS) is 14.9. The maximum atomic E-state index is 13.1. The zero-order valence-corrected chi connectivity index (χ0v) is 23.3. The van der Waals surface area contributed by atoms with E-state index in [0.29, 0.717) is 23.6 Å². The second kappa shape index (κ2) is 10.4. The predicted molar refractivity (Wildman–Crippen MR) is 157 cm³/mol. The molecule has 198 valence electrons. The lowest BCUT2D eigenvalue weighted by atomic mass is 9.93. The third-order valence-electron chi connectivity index (χ3n) is 7.66. The van der Waals surface area contributed by atoms with Crippen LogP contribution in [0.3, 0.4) is 0 Å². The van der Waals surface area contributed by atoms with Crippen molar-refractivity contribution in [2.24, 2.45) is 0 Å². The predicted octanol–water partition coefficient (Wildman–Crippen LogP) is 5.36. The summed E-state index contributed by atoms with van der Waals surface area (Å²) in [5.74, 6) is 0. The molecule has 38 heavy (non-hydrogen) atoms. The number of nitrogens with one attached hydrogen (secondary N) is 1. The van der Waals surface area contributed by atoms with Gasteiger partial charge in [0, 0.05) is 55.1 Å². The molecular formula is C31H35N3O3S. The van der Waals surface area contributed by atoms with Gasteiger partial charge in [-0.25, -0.2) is 8.42 Å². The summed E-state index contributed by atoms with van der Waals surface area (Å²) in [4.78, 5) is 21.4. The summed E-state index contributed by atoms with van der Waals surface area (Å²) in [6.45, 7) is 10.8. The number of sulfone groups is 1. The highest BCUT2D eigenvalue weighted by Crippen LogP contribution is 2.32. The Labute approximate surface area is 224 Å². The van der Waals surface area contributed by atoms with Gasteiger partial charge in [-0.1, -0.05) is 37.3 Å². The number of hydrogen-bond donors (Lipinski definition) is 1. The number of anilines is 1. The third-order valence-corrected chi connectivity index (χ3v) is 8.79. The second-order valence-electron chi connectivity index (χ2n) is 10.4. The fourth-order valence-corrected chi connectivity index (χ4v) is 6.07. The van der Waals surface area contributed by atoms with Crippen molar-refractivity contribution in [3.63, 3.8) is 0 Å². The molecule has 2 heterocycles. The van der Waals surface area contributed by atoms with Crippen molar-refractivity contribution in [1.29, 1.82) is 0 Å². The first-order valence-electron chi connectivity index (χ1n) is 13.2. The van der Waals surface area contributed by atoms with E-state index in [1.807, 2.05) is 13.0 Å². The number of aryl methyl sites for hydroxylation is 1. The van der Waals surface area contributed by atoms with Crippen molar-refractivity contribution >= 4 is 26.4 Å². The highest BCUT2D eigenvalue weighted by Gasteiger charge is 2.19. The minimum atomic E-state index is -3.31. The van der Waals surface area contributed by atoms with Crippen molar-refractivity contribution in [3.8, 4) is 22.3 Å². The fourth-order valence-electron chi connectivity index (χ4n) is 5.44. The van der Waals surface area contributed by atoms with Gasteiger partial charge in [-0.05, 0) is 78.9 Å². The van der Waals surface area contributed by atoms with Crippen LogP contribution in [0.15, 0.2) is 76.4 Å². The van der Waals surface area contributed by atoms with Crippen LogP contribution in [0.1, 0.15) is 26.3 Å². The number of nitrogens with zero attached hydrogens (tertiary/aromatic N) is 2. The molecule has 6 nitrogen and oxygen atoms in total. The third kappa shape index (κ3) is 5.13. The largest absolute Gasteiger partial charge is 0.369 e. The lowest BCUT2D eigenvalue weighted by Gasteiger charge is -2.38. The van der Waals surface area contributed by atoms with E-state index < -0.39 is 9.84 Å². The number of fused-ring (bicyclic) bond motifs is 1. The Kier molecular flexibility index (Phi) is 7.16. The first-order valence-corrected chi connectivity index (χ1v) is 15.1. The highest BCUT2D eigenvalue weighted by atomic mass is 32.2. The van der Waals surface area contributed by atoms with Crippen LogP contribution in [0, 0.1) is 0 Å². The number of H-pyrrole nitrogens is 1. The van der Waals surface area contributed by atoms with Gasteiger partial charge in [0.05, 0.1) is 10.5 Å². The molecule has 7 heteroatoms. The summed E-state index contributed by atoms with van der Waals surface area (Å²) in [5, 5.41) is 1.00. The van der Waals surface area contributed by atoms with Crippen LogP contribution >= 0.6 is 0 Å². The SMILES string of the molecule is CCc1c(-c2ccc(S(C)(=O)=O)cc2)c(=O)[nH]c2ccc(-c3ccc(N4CCN(C(C)C)CC4)cc3)cc12. The maximum Gasteiger partial charge on any atom is 0.256 e. The summed E-state index contributed by atoms with van der Waals surface area (Å²) >= 11 is 0. The molecule has 3 aromatic carbocycles. The molecule has 0 amide bonds.